The first-order valence-corrected chi connectivity index (χ1v) is 5.87. The molecule has 0 aliphatic heterocycles. The normalized spacial score (nSPS) is 33.6. The van der Waals surface area contributed by atoms with Crippen LogP contribution in [0.2, 0.25) is 0 Å². The van der Waals surface area contributed by atoms with Crippen LogP contribution in [0.25, 0.3) is 0 Å². The number of hydrogen-bond donors (Lipinski definition) is 1. The first-order valence-electron chi connectivity index (χ1n) is 5.87. The largest absolute Gasteiger partial charge is 0.394 e. The van der Waals surface area contributed by atoms with Crippen molar-refractivity contribution in [1.82, 2.24) is 0 Å². The molecular weight excluding hydrogens is 176 g/mol. The zero-order valence-electron chi connectivity index (χ0n) is 9.70. The van der Waals surface area contributed by atoms with Crippen LogP contribution in [-0.2, 0) is 4.74 Å². The third-order valence-electron chi connectivity index (χ3n) is 3.38. The number of aliphatic hydroxyl groups is 1. The van der Waals surface area contributed by atoms with Crippen LogP contribution in [0.4, 0.5) is 0 Å². The molecule has 0 aromatic rings. The third-order valence-corrected chi connectivity index (χ3v) is 3.38. The summed E-state index contributed by atoms with van der Waals surface area (Å²) >= 11 is 0. The molecule has 1 N–H and O–H groups in total. The summed E-state index contributed by atoms with van der Waals surface area (Å²) in [4.78, 5) is 0. The lowest BCUT2D eigenvalue weighted by molar-refractivity contribution is -0.0489. The highest BCUT2D eigenvalue weighted by atomic mass is 16.5. The van der Waals surface area contributed by atoms with Crippen LogP contribution in [0, 0.1) is 17.8 Å². The number of ether oxygens (including phenoxy) is 1. The Labute approximate surface area is 87.7 Å². The molecule has 0 saturated heterocycles. The van der Waals surface area contributed by atoms with Gasteiger partial charge in [-0.3, -0.25) is 0 Å². The molecule has 2 unspecified atom stereocenters. The standard InChI is InChI=1S/C12H24O2/c1-9(2)11-5-4-10(3)8-12(11)14-7-6-13/h9-13H,4-8H2,1-3H3/t10?,11-,12?/m0/s1. The van der Waals surface area contributed by atoms with Crippen LogP contribution >= 0.6 is 0 Å². The second kappa shape index (κ2) is 5.72. The van der Waals surface area contributed by atoms with E-state index < -0.39 is 0 Å². The van der Waals surface area contributed by atoms with Gasteiger partial charge in [0.25, 0.3) is 0 Å². The van der Waals surface area contributed by atoms with Gasteiger partial charge in [-0.2, -0.15) is 0 Å². The zero-order chi connectivity index (χ0) is 10.6. The number of hydrogen-bond acceptors (Lipinski definition) is 2. The molecule has 0 spiro atoms. The molecule has 1 aliphatic rings. The van der Waals surface area contributed by atoms with Crippen molar-refractivity contribution in [2.45, 2.75) is 46.1 Å². The first kappa shape index (κ1) is 12.0. The molecule has 84 valence electrons. The van der Waals surface area contributed by atoms with Crippen molar-refractivity contribution in [2.24, 2.45) is 17.8 Å². The van der Waals surface area contributed by atoms with Crippen molar-refractivity contribution >= 4 is 0 Å². The van der Waals surface area contributed by atoms with Gasteiger partial charge in [0.2, 0.25) is 0 Å². The lowest BCUT2D eigenvalue weighted by atomic mass is 9.75. The Kier molecular flexibility index (Phi) is 4.90. The predicted molar refractivity (Wildman–Crippen MR) is 58.2 cm³/mol. The lowest BCUT2D eigenvalue weighted by Gasteiger charge is -2.37. The average Bonchev–Trinajstić information content (AvgIpc) is 2.14. The number of rotatable bonds is 4. The second-order valence-corrected chi connectivity index (χ2v) is 4.96. The monoisotopic (exact) mass is 200 g/mol. The van der Waals surface area contributed by atoms with Crippen molar-refractivity contribution < 1.29 is 9.84 Å². The summed E-state index contributed by atoms with van der Waals surface area (Å²) in [6, 6.07) is 0. The Balaban J connectivity index is 2.45. The summed E-state index contributed by atoms with van der Waals surface area (Å²) in [6.45, 7) is 7.49. The molecular formula is C12H24O2. The summed E-state index contributed by atoms with van der Waals surface area (Å²) in [5, 5.41) is 8.76. The first-order chi connectivity index (χ1) is 6.65. The van der Waals surface area contributed by atoms with Crippen LogP contribution in [0.1, 0.15) is 40.0 Å². The molecule has 0 aromatic heterocycles. The molecule has 0 heterocycles. The minimum Gasteiger partial charge on any atom is -0.394 e. The van der Waals surface area contributed by atoms with Crippen molar-refractivity contribution in [2.75, 3.05) is 13.2 Å². The van der Waals surface area contributed by atoms with E-state index in [-0.39, 0.29) is 6.61 Å². The quantitative estimate of drug-likeness (QED) is 0.755. The molecule has 14 heavy (non-hydrogen) atoms. The van der Waals surface area contributed by atoms with Crippen LogP contribution in [0.3, 0.4) is 0 Å². The van der Waals surface area contributed by atoms with Crippen LogP contribution in [0.15, 0.2) is 0 Å². The highest BCUT2D eigenvalue weighted by Gasteiger charge is 2.30. The summed E-state index contributed by atoms with van der Waals surface area (Å²) in [7, 11) is 0. The van der Waals surface area contributed by atoms with Gasteiger partial charge < -0.3 is 9.84 Å². The molecule has 1 saturated carbocycles. The van der Waals surface area contributed by atoms with E-state index in [1.165, 1.54) is 19.3 Å². The SMILES string of the molecule is CC1CC[C@@H](C(C)C)C(OCCO)C1. The molecule has 1 fully saturated rings. The Morgan fingerprint density at radius 1 is 1.36 bits per heavy atom. The van der Waals surface area contributed by atoms with Gasteiger partial charge in [-0.05, 0) is 30.6 Å². The van der Waals surface area contributed by atoms with E-state index in [1.807, 2.05) is 0 Å². The third kappa shape index (κ3) is 3.25. The van der Waals surface area contributed by atoms with Gasteiger partial charge in [-0.1, -0.05) is 27.2 Å². The van der Waals surface area contributed by atoms with Crippen molar-refractivity contribution in [1.29, 1.82) is 0 Å². The summed E-state index contributed by atoms with van der Waals surface area (Å²) in [5.74, 6) is 2.18. The molecule has 3 atom stereocenters. The fourth-order valence-electron chi connectivity index (χ4n) is 2.51. The highest BCUT2D eigenvalue weighted by Crippen LogP contribution is 2.35. The van der Waals surface area contributed by atoms with Gasteiger partial charge in [0.15, 0.2) is 0 Å². The topological polar surface area (TPSA) is 29.5 Å². The number of aliphatic hydroxyl groups excluding tert-OH is 1. The Morgan fingerprint density at radius 3 is 2.64 bits per heavy atom. The lowest BCUT2D eigenvalue weighted by Crippen LogP contribution is -2.34. The maximum atomic E-state index is 8.76. The van der Waals surface area contributed by atoms with E-state index in [0.717, 1.165) is 5.92 Å². The molecule has 2 heteroatoms. The van der Waals surface area contributed by atoms with Crippen LogP contribution < -0.4 is 0 Å². The highest BCUT2D eigenvalue weighted by molar-refractivity contribution is 4.81. The fourth-order valence-corrected chi connectivity index (χ4v) is 2.51. The smallest absolute Gasteiger partial charge is 0.0701 e. The van der Waals surface area contributed by atoms with Crippen molar-refractivity contribution in [3.05, 3.63) is 0 Å². The van der Waals surface area contributed by atoms with Crippen molar-refractivity contribution in [3.8, 4) is 0 Å². The van der Waals surface area contributed by atoms with Crippen molar-refractivity contribution in [3.63, 3.8) is 0 Å². The zero-order valence-corrected chi connectivity index (χ0v) is 9.70. The summed E-state index contributed by atoms with van der Waals surface area (Å²) in [5.41, 5.74) is 0. The summed E-state index contributed by atoms with van der Waals surface area (Å²) < 4.78 is 5.73. The van der Waals surface area contributed by atoms with E-state index in [4.69, 9.17) is 9.84 Å². The Bertz CT molecular complexity index is 156. The molecule has 1 aliphatic carbocycles. The molecule has 1 rings (SSSR count). The van der Waals surface area contributed by atoms with Gasteiger partial charge >= 0.3 is 0 Å². The van der Waals surface area contributed by atoms with E-state index in [2.05, 4.69) is 20.8 Å². The van der Waals surface area contributed by atoms with E-state index in [1.54, 1.807) is 0 Å². The predicted octanol–water partition coefficient (Wildman–Crippen LogP) is 2.46. The molecule has 0 bridgehead atoms. The Morgan fingerprint density at radius 2 is 2.07 bits per heavy atom. The van der Waals surface area contributed by atoms with Gasteiger partial charge in [0.1, 0.15) is 0 Å². The molecule has 0 amide bonds. The maximum Gasteiger partial charge on any atom is 0.0701 e. The van der Waals surface area contributed by atoms with Gasteiger partial charge in [0, 0.05) is 0 Å². The van der Waals surface area contributed by atoms with Crippen LogP contribution in [0.5, 0.6) is 0 Å². The molecule has 0 radical (unpaired) electrons. The average molecular weight is 200 g/mol. The van der Waals surface area contributed by atoms with E-state index in [9.17, 15) is 0 Å². The molecule has 2 nitrogen and oxygen atoms in total. The van der Waals surface area contributed by atoms with E-state index >= 15 is 0 Å². The van der Waals surface area contributed by atoms with E-state index in [0.29, 0.717) is 24.5 Å². The fraction of sp³-hybridized carbons (Fsp3) is 1.00. The summed E-state index contributed by atoms with van der Waals surface area (Å²) in [6.07, 6.45) is 4.17. The minimum atomic E-state index is 0.149. The van der Waals surface area contributed by atoms with Gasteiger partial charge in [0.05, 0.1) is 19.3 Å². The minimum absolute atomic E-state index is 0.149. The van der Waals surface area contributed by atoms with Crippen LogP contribution in [-0.4, -0.2) is 24.4 Å². The molecule has 0 aromatic carbocycles. The second-order valence-electron chi connectivity index (χ2n) is 4.96. The van der Waals surface area contributed by atoms with Gasteiger partial charge in [-0.25, -0.2) is 0 Å². The maximum absolute atomic E-state index is 8.76. The Hall–Kier alpha value is -0.0800. The van der Waals surface area contributed by atoms with Gasteiger partial charge in [-0.15, -0.1) is 0 Å².